The summed E-state index contributed by atoms with van der Waals surface area (Å²) in [6.07, 6.45) is -1.11. The number of carbonyl (C=O) groups excluding carboxylic acids is 1. The normalized spacial score (nSPS) is 11.5. The van der Waals surface area contributed by atoms with Crippen molar-refractivity contribution in [3.8, 4) is 22.9 Å². The van der Waals surface area contributed by atoms with Gasteiger partial charge in [-0.3, -0.25) is 9.59 Å². The van der Waals surface area contributed by atoms with Crippen molar-refractivity contribution < 1.29 is 28.5 Å². The molecule has 9 nitrogen and oxygen atoms in total. The van der Waals surface area contributed by atoms with Crippen molar-refractivity contribution in [2.45, 2.75) is 13.0 Å². The fourth-order valence-electron chi connectivity index (χ4n) is 3.06. The highest BCUT2D eigenvalue weighted by molar-refractivity contribution is 5.92. The number of nitrogens with zero attached hydrogens (tertiary/aromatic N) is 2. The third-order valence-corrected chi connectivity index (χ3v) is 4.70. The van der Waals surface area contributed by atoms with Crippen LogP contribution in [0.15, 0.2) is 53.3 Å². The van der Waals surface area contributed by atoms with Crippen molar-refractivity contribution in [2.24, 2.45) is 0 Å². The zero-order chi connectivity index (χ0) is 24.0. The van der Waals surface area contributed by atoms with E-state index in [2.05, 4.69) is 10.4 Å². The maximum Gasteiger partial charge on any atom is 0.275 e. The number of ether oxygens (including phenoxy) is 3. The highest BCUT2D eigenvalue weighted by atomic mass is 19.1. The second kappa shape index (κ2) is 10.6. The Balaban J connectivity index is 1.68. The third kappa shape index (κ3) is 5.47. The molecule has 1 unspecified atom stereocenters. The second-order valence-corrected chi connectivity index (χ2v) is 7.03. The molecular weight excluding hydrogens is 433 g/mol. The molecule has 0 saturated carbocycles. The highest BCUT2D eigenvalue weighted by Gasteiger charge is 2.19. The van der Waals surface area contributed by atoms with Gasteiger partial charge in [-0.15, -0.1) is 0 Å². The predicted molar refractivity (Wildman–Crippen MR) is 118 cm³/mol. The van der Waals surface area contributed by atoms with Gasteiger partial charge in [0.2, 0.25) is 11.2 Å². The predicted octanol–water partition coefficient (Wildman–Crippen LogP) is 1.87. The van der Waals surface area contributed by atoms with Gasteiger partial charge >= 0.3 is 0 Å². The van der Waals surface area contributed by atoms with Gasteiger partial charge in [-0.25, -0.2) is 9.07 Å². The molecule has 3 aromatic rings. The molecule has 1 atom stereocenters. The summed E-state index contributed by atoms with van der Waals surface area (Å²) in [4.78, 5) is 24.9. The number of rotatable bonds is 9. The number of para-hydroxylation sites is 2. The Kier molecular flexibility index (Phi) is 7.62. The summed E-state index contributed by atoms with van der Waals surface area (Å²) >= 11 is 0. The summed E-state index contributed by atoms with van der Waals surface area (Å²) < 4.78 is 31.4. The highest BCUT2D eigenvalue weighted by Crippen LogP contribution is 2.36. The molecule has 1 amide bonds. The second-order valence-electron chi connectivity index (χ2n) is 7.03. The number of carbonyl (C=O) groups is 1. The molecular formula is C23H24FN3O6. The van der Waals surface area contributed by atoms with Crippen molar-refractivity contribution in [3.63, 3.8) is 0 Å². The first-order chi connectivity index (χ1) is 15.8. The van der Waals surface area contributed by atoms with Crippen LogP contribution in [0.4, 0.5) is 4.39 Å². The maximum absolute atomic E-state index is 14.2. The van der Waals surface area contributed by atoms with Crippen LogP contribution < -0.4 is 25.0 Å². The average Bonchev–Trinajstić information content (AvgIpc) is 2.81. The first-order valence-electron chi connectivity index (χ1n) is 10.0. The van der Waals surface area contributed by atoms with Crippen LogP contribution in [0.3, 0.4) is 0 Å². The standard InChI is InChI=1S/C23H24FN3O6/c1-14-11-18(29)21(26-27(14)17-8-5-4-7-16(17)24)23(30)25-12-15(28)13-33-22-19(31-2)9-6-10-20(22)32-3/h4-11,15,28H,12-13H2,1-3H3,(H,25,30). The van der Waals surface area contributed by atoms with Crippen LogP contribution in [-0.2, 0) is 0 Å². The Morgan fingerprint density at radius 1 is 1.15 bits per heavy atom. The van der Waals surface area contributed by atoms with Crippen LogP contribution >= 0.6 is 0 Å². The minimum absolute atomic E-state index is 0.100. The van der Waals surface area contributed by atoms with Gasteiger partial charge in [0.05, 0.1) is 14.2 Å². The molecule has 174 valence electrons. The van der Waals surface area contributed by atoms with E-state index in [0.717, 1.165) is 0 Å². The smallest absolute Gasteiger partial charge is 0.275 e. The SMILES string of the molecule is COc1cccc(OC)c1OCC(O)CNC(=O)c1nn(-c2ccccc2F)c(C)cc1=O. The van der Waals surface area contributed by atoms with Crippen LogP contribution in [-0.4, -0.2) is 54.3 Å². The fourth-order valence-corrected chi connectivity index (χ4v) is 3.06. The van der Waals surface area contributed by atoms with Crippen LogP contribution in [0.1, 0.15) is 16.2 Å². The lowest BCUT2D eigenvalue weighted by molar-refractivity contribution is 0.0827. The third-order valence-electron chi connectivity index (χ3n) is 4.70. The quantitative estimate of drug-likeness (QED) is 0.505. The molecule has 0 radical (unpaired) electrons. The van der Waals surface area contributed by atoms with Gasteiger partial charge in [0.1, 0.15) is 24.2 Å². The molecule has 1 heterocycles. The molecule has 3 rings (SSSR count). The first kappa shape index (κ1) is 23.7. The molecule has 0 bridgehead atoms. The molecule has 0 aliphatic rings. The molecule has 0 aliphatic heterocycles. The number of nitrogens with one attached hydrogen (secondary N) is 1. The van der Waals surface area contributed by atoms with Crippen LogP contribution in [0.25, 0.3) is 5.69 Å². The molecule has 1 aromatic heterocycles. The van der Waals surface area contributed by atoms with Crippen molar-refractivity contribution in [1.82, 2.24) is 15.1 Å². The zero-order valence-electron chi connectivity index (χ0n) is 18.4. The molecule has 0 aliphatic carbocycles. The summed E-state index contributed by atoms with van der Waals surface area (Å²) in [6, 6.07) is 12.1. The molecule has 0 saturated heterocycles. The Labute approximate surface area is 189 Å². The van der Waals surface area contributed by atoms with Gasteiger partial charge < -0.3 is 24.6 Å². The lowest BCUT2D eigenvalue weighted by Crippen LogP contribution is -2.38. The van der Waals surface area contributed by atoms with Gasteiger partial charge in [-0.1, -0.05) is 18.2 Å². The van der Waals surface area contributed by atoms with E-state index in [9.17, 15) is 19.1 Å². The number of benzene rings is 2. The van der Waals surface area contributed by atoms with E-state index in [0.29, 0.717) is 22.9 Å². The Morgan fingerprint density at radius 3 is 2.45 bits per heavy atom. The topological polar surface area (TPSA) is 112 Å². The van der Waals surface area contributed by atoms with Gasteiger partial charge in [-0.05, 0) is 31.2 Å². The monoisotopic (exact) mass is 457 g/mol. The van der Waals surface area contributed by atoms with Crippen LogP contribution in [0, 0.1) is 12.7 Å². The Bertz CT molecular complexity index is 1170. The van der Waals surface area contributed by atoms with Gasteiger partial charge in [0, 0.05) is 18.3 Å². The van der Waals surface area contributed by atoms with E-state index in [1.165, 1.54) is 43.2 Å². The van der Waals surface area contributed by atoms with E-state index in [-0.39, 0.29) is 18.8 Å². The maximum atomic E-state index is 14.2. The summed E-state index contributed by atoms with van der Waals surface area (Å²) in [6.45, 7) is 1.18. The van der Waals surface area contributed by atoms with Gasteiger partial charge in [0.25, 0.3) is 5.91 Å². The summed E-state index contributed by atoms with van der Waals surface area (Å²) in [5, 5.41) is 16.7. The van der Waals surface area contributed by atoms with E-state index in [1.54, 1.807) is 31.2 Å². The van der Waals surface area contributed by atoms with Crippen molar-refractivity contribution in [2.75, 3.05) is 27.4 Å². The number of methoxy groups -OCH3 is 2. The van der Waals surface area contributed by atoms with Crippen LogP contribution in [0.5, 0.6) is 17.2 Å². The summed E-state index contributed by atoms with van der Waals surface area (Å²) in [7, 11) is 2.95. The number of hydrogen-bond acceptors (Lipinski definition) is 7. The van der Waals surface area contributed by atoms with E-state index >= 15 is 0 Å². The van der Waals surface area contributed by atoms with Gasteiger partial charge in [0.15, 0.2) is 17.2 Å². The van der Waals surface area contributed by atoms with E-state index < -0.39 is 29.0 Å². The zero-order valence-corrected chi connectivity index (χ0v) is 18.4. The number of hydrogen-bond donors (Lipinski definition) is 2. The number of aliphatic hydroxyl groups is 1. The molecule has 0 spiro atoms. The average molecular weight is 457 g/mol. The number of amides is 1. The van der Waals surface area contributed by atoms with Crippen LogP contribution in [0.2, 0.25) is 0 Å². The Morgan fingerprint density at radius 2 is 1.82 bits per heavy atom. The summed E-state index contributed by atoms with van der Waals surface area (Å²) in [5.74, 6) is -0.214. The lowest BCUT2D eigenvalue weighted by atomic mass is 10.2. The van der Waals surface area contributed by atoms with Crippen molar-refractivity contribution >= 4 is 5.91 Å². The largest absolute Gasteiger partial charge is 0.493 e. The minimum Gasteiger partial charge on any atom is -0.493 e. The number of aryl methyl sites for hydroxylation is 1. The fraction of sp³-hybridized carbons (Fsp3) is 0.261. The number of aromatic nitrogens is 2. The molecule has 10 heteroatoms. The van der Waals surface area contributed by atoms with Crippen molar-refractivity contribution in [1.29, 1.82) is 0 Å². The number of halogens is 1. The number of aliphatic hydroxyl groups excluding tert-OH is 1. The van der Waals surface area contributed by atoms with Gasteiger partial charge in [-0.2, -0.15) is 5.10 Å². The van der Waals surface area contributed by atoms with E-state index in [4.69, 9.17) is 14.2 Å². The molecule has 0 fully saturated rings. The lowest BCUT2D eigenvalue weighted by Gasteiger charge is -2.17. The minimum atomic E-state index is -1.11. The molecule has 2 N–H and O–H groups in total. The Hall–Kier alpha value is -3.92. The van der Waals surface area contributed by atoms with Crippen molar-refractivity contribution in [3.05, 3.63) is 76.0 Å². The molecule has 2 aromatic carbocycles. The summed E-state index contributed by atoms with van der Waals surface area (Å²) in [5.41, 5.74) is -0.588. The first-order valence-corrected chi connectivity index (χ1v) is 10.0. The van der Waals surface area contributed by atoms with E-state index in [1.807, 2.05) is 0 Å². The molecule has 33 heavy (non-hydrogen) atoms.